The minimum atomic E-state index is -0.441. The molecule has 3 nitrogen and oxygen atoms in total. The predicted octanol–water partition coefficient (Wildman–Crippen LogP) is 3.60. The molecule has 3 heteroatoms. The Kier molecular flexibility index (Phi) is 9.31. The largest absolute Gasteiger partial charge is 0.389 e. The van der Waals surface area contributed by atoms with E-state index < -0.39 is 6.10 Å². The molecule has 21 heavy (non-hydrogen) atoms. The first kappa shape index (κ1) is 18.1. The number of nitrogens with one attached hydrogen (secondary N) is 1. The number of aryl methyl sites for hydroxylation is 1. The lowest BCUT2D eigenvalue weighted by Gasteiger charge is -2.18. The van der Waals surface area contributed by atoms with Crippen molar-refractivity contribution in [3.8, 4) is 0 Å². The first-order valence-electron chi connectivity index (χ1n) is 8.19. The molecule has 0 radical (unpaired) electrons. The number of rotatable bonds is 11. The summed E-state index contributed by atoms with van der Waals surface area (Å²) in [5, 5.41) is 13.3. The zero-order valence-corrected chi connectivity index (χ0v) is 13.8. The SMILES string of the molecule is CCCCCCOCC(O)CNC(C)c1ccc(C)cc1. The van der Waals surface area contributed by atoms with Crippen molar-refractivity contribution in [1.29, 1.82) is 0 Å². The monoisotopic (exact) mass is 293 g/mol. The zero-order chi connectivity index (χ0) is 15.5. The molecule has 0 aliphatic heterocycles. The van der Waals surface area contributed by atoms with Crippen LogP contribution in [0.4, 0.5) is 0 Å². The number of unbranched alkanes of at least 4 members (excludes halogenated alkanes) is 3. The normalized spacial score (nSPS) is 14.1. The summed E-state index contributed by atoms with van der Waals surface area (Å²) in [6, 6.07) is 8.73. The van der Waals surface area contributed by atoms with Gasteiger partial charge in [-0.15, -0.1) is 0 Å². The van der Waals surface area contributed by atoms with Crippen molar-refractivity contribution >= 4 is 0 Å². The van der Waals surface area contributed by atoms with Crippen molar-refractivity contribution in [3.05, 3.63) is 35.4 Å². The Balaban J connectivity index is 2.11. The second-order valence-electron chi connectivity index (χ2n) is 5.83. The van der Waals surface area contributed by atoms with Gasteiger partial charge in [-0.25, -0.2) is 0 Å². The third-order valence-corrected chi connectivity index (χ3v) is 3.69. The molecule has 0 heterocycles. The van der Waals surface area contributed by atoms with Gasteiger partial charge in [0.15, 0.2) is 0 Å². The summed E-state index contributed by atoms with van der Waals surface area (Å²) in [4.78, 5) is 0. The van der Waals surface area contributed by atoms with Gasteiger partial charge in [0.2, 0.25) is 0 Å². The van der Waals surface area contributed by atoms with Crippen molar-refractivity contribution in [1.82, 2.24) is 5.32 Å². The lowest BCUT2D eigenvalue weighted by molar-refractivity contribution is 0.0343. The standard InChI is InChI=1S/C18H31NO2/c1-4-5-6-7-12-21-14-18(20)13-19-16(3)17-10-8-15(2)9-11-17/h8-11,16,18-20H,4-7,12-14H2,1-3H3. The Morgan fingerprint density at radius 2 is 1.86 bits per heavy atom. The molecule has 1 aromatic rings. The Morgan fingerprint density at radius 3 is 2.52 bits per heavy atom. The third kappa shape index (κ3) is 8.20. The van der Waals surface area contributed by atoms with Crippen LogP contribution in [0.1, 0.15) is 56.7 Å². The van der Waals surface area contributed by atoms with Crippen molar-refractivity contribution in [2.75, 3.05) is 19.8 Å². The molecular formula is C18H31NO2. The summed E-state index contributed by atoms with van der Waals surface area (Å²) >= 11 is 0. The topological polar surface area (TPSA) is 41.5 Å². The number of aliphatic hydroxyl groups is 1. The summed E-state index contributed by atoms with van der Waals surface area (Å²) < 4.78 is 5.51. The van der Waals surface area contributed by atoms with Gasteiger partial charge in [0, 0.05) is 19.2 Å². The van der Waals surface area contributed by atoms with Gasteiger partial charge in [0.1, 0.15) is 0 Å². The highest BCUT2D eigenvalue weighted by molar-refractivity contribution is 5.23. The van der Waals surface area contributed by atoms with E-state index in [4.69, 9.17) is 4.74 Å². The minimum Gasteiger partial charge on any atom is -0.389 e. The van der Waals surface area contributed by atoms with Crippen molar-refractivity contribution in [2.24, 2.45) is 0 Å². The summed E-state index contributed by atoms with van der Waals surface area (Å²) in [7, 11) is 0. The second kappa shape index (κ2) is 10.8. The fraction of sp³-hybridized carbons (Fsp3) is 0.667. The van der Waals surface area contributed by atoms with E-state index in [2.05, 4.69) is 50.4 Å². The van der Waals surface area contributed by atoms with Gasteiger partial charge in [-0.1, -0.05) is 56.0 Å². The molecule has 0 saturated heterocycles. The van der Waals surface area contributed by atoms with Crippen LogP contribution in [0.5, 0.6) is 0 Å². The number of ether oxygens (including phenoxy) is 1. The molecule has 0 saturated carbocycles. The molecule has 2 N–H and O–H groups in total. The minimum absolute atomic E-state index is 0.241. The van der Waals surface area contributed by atoms with E-state index in [-0.39, 0.29) is 6.04 Å². The second-order valence-corrected chi connectivity index (χ2v) is 5.83. The highest BCUT2D eigenvalue weighted by atomic mass is 16.5. The highest BCUT2D eigenvalue weighted by Crippen LogP contribution is 2.12. The zero-order valence-electron chi connectivity index (χ0n) is 13.8. The summed E-state index contributed by atoms with van der Waals surface area (Å²) in [6.45, 7) is 8.13. The predicted molar refractivity (Wildman–Crippen MR) is 88.6 cm³/mol. The van der Waals surface area contributed by atoms with Crippen LogP contribution >= 0.6 is 0 Å². The Labute approximate surface area is 129 Å². The van der Waals surface area contributed by atoms with E-state index in [1.54, 1.807) is 0 Å². The molecule has 1 aromatic carbocycles. The first-order valence-corrected chi connectivity index (χ1v) is 8.19. The van der Waals surface area contributed by atoms with Crippen LogP contribution in [-0.4, -0.2) is 31.0 Å². The van der Waals surface area contributed by atoms with Gasteiger partial charge in [-0.3, -0.25) is 0 Å². The van der Waals surface area contributed by atoms with Crippen molar-refractivity contribution in [2.45, 2.75) is 58.6 Å². The van der Waals surface area contributed by atoms with Crippen LogP contribution < -0.4 is 5.32 Å². The van der Waals surface area contributed by atoms with E-state index in [1.807, 2.05) is 0 Å². The van der Waals surface area contributed by atoms with Crippen LogP contribution in [0.25, 0.3) is 0 Å². The van der Waals surface area contributed by atoms with Crippen molar-refractivity contribution < 1.29 is 9.84 Å². The van der Waals surface area contributed by atoms with Crippen molar-refractivity contribution in [3.63, 3.8) is 0 Å². The number of benzene rings is 1. The number of aliphatic hydroxyl groups excluding tert-OH is 1. The average Bonchev–Trinajstić information content (AvgIpc) is 2.49. The number of hydrogen-bond donors (Lipinski definition) is 2. The number of hydrogen-bond acceptors (Lipinski definition) is 3. The van der Waals surface area contributed by atoms with E-state index in [0.717, 1.165) is 13.0 Å². The lowest BCUT2D eigenvalue weighted by atomic mass is 10.1. The fourth-order valence-electron chi connectivity index (χ4n) is 2.19. The lowest BCUT2D eigenvalue weighted by Crippen LogP contribution is -2.32. The highest BCUT2D eigenvalue weighted by Gasteiger charge is 2.08. The fourth-order valence-corrected chi connectivity index (χ4v) is 2.19. The van der Waals surface area contributed by atoms with E-state index >= 15 is 0 Å². The van der Waals surface area contributed by atoms with Gasteiger partial charge in [-0.05, 0) is 25.8 Å². The molecule has 0 aromatic heterocycles. The summed E-state index contributed by atoms with van der Waals surface area (Å²) in [5.74, 6) is 0. The van der Waals surface area contributed by atoms with Gasteiger partial charge in [0.25, 0.3) is 0 Å². The molecule has 2 atom stereocenters. The first-order chi connectivity index (χ1) is 10.1. The molecule has 2 unspecified atom stereocenters. The molecule has 0 aliphatic carbocycles. The third-order valence-electron chi connectivity index (χ3n) is 3.69. The van der Waals surface area contributed by atoms with Gasteiger partial charge in [-0.2, -0.15) is 0 Å². The van der Waals surface area contributed by atoms with Gasteiger partial charge in [0.05, 0.1) is 12.7 Å². The van der Waals surface area contributed by atoms with Crippen LogP contribution in [0.2, 0.25) is 0 Å². The van der Waals surface area contributed by atoms with Crippen LogP contribution in [-0.2, 0) is 4.74 Å². The Bertz CT molecular complexity index is 364. The molecular weight excluding hydrogens is 262 g/mol. The molecule has 120 valence electrons. The maximum absolute atomic E-state index is 9.90. The average molecular weight is 293 g/mol. The maximum Gasteiger partial charge on any atom is 0.0897 e. The molecule has 0 bridgehead atoms. The van der Waals surface area contributed by atoms with E-state index in [1.165, 1.54) is 30.4 Å². The van der Waals surface area contributed by atoms with Gasteiger partial charge >= 0.3 is 0 Å². The van der Waals surface area contributed by atoms with E-state index in [0.29, 0.717) is 13.2 Å². The molecule has 0 amide bonds. The van der Waals surface area contributed by atoms with Gasteiger partial charge < -0.3 is 15.2 Å². The molecule has 0 aliphatic rings. The summed E-state index contributed by atoms with van der Waals surface area (Å²) in [6.07, 6.45) is 4.37. The van der Waals surface area contributed by atoms with Crippen LogP contribution in [0, 0.1) is 6.92 Å². The summed E-state index contributed by atoms with van der Waals surface area (Å²) in [5.41, 5.74) is 2.51. The Hall–Kier alpha value is -0.900. The smallest absolute Gasteiger partial charge is 0.0897 e. The molecule has 1 rings (SSSR count). The van der Waals surface area contributed by atoms with Crippen LogP contribution in [0.15, 0.2) is 24.3 Å². The molecule has 0 fully saturated rings. The Morgan fingerprint density at radius 1 is 1.14 bits per heavy atom. The van der Waals surface area contributed by atoms with Crippen LogP contribution in [0.3, 0.4) is 0 Å². The molecule has 0 spiro atoms. The quantitative estimate of drug-likeness (QED) is 0.613. The maximum atomic E-state index is 9.90. The van der Waals surface area contributed by atoms with E-state index in [9.17, 15) is 5.11 Å².